The third kappa shape index (κ3) is 14.7. The molecule has 0 aromatic rings. The molecule has 0 heterocycles. The van der Waals surface area contributed by atoms with E-state index in [9.17, 15) is 0 Å². The van der Waals surface area contributed by atoms with Gasteiger partial charge in [0.2, 0.25) is 0 Å². The summed E-state index contributed by atoms with van der Waals surface area (Å²) >= 11 is 0. The summed E-state index contributed by atoms with van der Waals surface area (Å²) < 4.78 is 0. The van der Waals surface area contributed by atoms with Gasteiger partial charge in [0.15, 0.2) is 0 Å². The van der Waals surface area contributed by atoms with Crippen LogP contribution in [0.3, 0.4) is 0 Å². The molecule has 0 atom stereocenters. The Morgan fingerprint density at radius 3 is 1.43 bits per heavy atom. The van der Waals surface area contributed by atoms with Crippen molar-refractivity contribution in [1.82, 2.24) is 0 Å². The molecule has 0 unspecified atom stereocenters. The Hall–Kier alpha value is 0.174. The van der Waals surface area contributed by atoms with Gasteiger partial charge in [-0.05, 0) is 11.1 Å². The maximum absolute atomic E-state index is 3.68. The molecule has 0 saturated carbocycles. The van der Waals surface area contributed by atoms with Crippen molar-refractivity contribution in [3.05, 3.63) is 12.7 Å². The van der Waals surface area contributed by atoms with Crippen LogP contribution in [0.15, 0.2) is 12.7 Å². The quantitative estimate of drug-likeness (QED) is 0.473. The van der Waals surface area contributed by atoms with Crippen LogP contribution >= 0.6 is 0 Å². The van der Waals surface area contributed by atoms with Gasteiger partial charge in [0, 0.05) is 16.9 Å². The van der Waals surface area contributed by atoms with Crippen molar-refractivity contribution in [1.29, 1.82) is 0 Å². The first kappa shape index (κ1) is 16.6. The zero-order chi connectivity index (χ0) is 12.0. The van der Waals surface area contributed by atoms with E-state index in [0.29, 0.717) is 5.04 Å². The number of hydrogen-bond acceptors (Lipinski definition) is 0. The lowest BCUT2D eigenvalue weighted by Gasteiger charge is -2.21. The number of hydrogen-bond donors (Lipinski definition) is 0. The van der Waals surface area contributed by atoms with Crippen molar-refractivity contribution >= 4 is 16.9 Å². The van der Waals surface area contributed by atoms with Gasteiger partial charge in [-0.25, -0.2) is 0 Å². The Labute approximate surface area is 94.4 Å². The molecular weight excluding hydrogens is 200 g/mol. The zero-order valence-electron chi connectivity index (χ0n) is 11.6. The summed E-state index contributed by atoms with van der Waals surface area (Å²) in [5.74, 6) is 0. The highest BCUT2D eigenvalue weighted by Crippen LogP contribution is 2.25. The standard InChI is InChI=1S/C6H16Si.C6H14Si/c1-6(2,3)7(4)5;1-5-6-7(2,3)4/h7H,1-5H3;5H,1,6H2,2-4H3. The second-order valence-corrected chi connectivity index (χ2v) is 16.1. The van der Waals surface area contributed by atoms with Gasteiger partial charge in [-0.3, -0.25) is 0 Å². The van der Waals surface area contributed by atoms with Gasteiger partial charge < -0.3 is 0 Å². The maximum atomic E-state index is 3.68. The van der Waals surface area contributed by atoms with Crippen LogP contribution in [-0.4, -0.2) is 16.9 Å². The minimum Gasteiger partial charge on any atom is -0.103 e. The lowest BCUT2D eigenvalue weighted by Crippen LogP contribution is -2.16. The molecule has 0 rings (SSSR count). The molecule has 0 N–H and O–H groups in total. The van der Waals surface area contributed by atoms with Crippen molar-refractivity contribution in [3.63, 3.8) is 0 Å². The molecule has 0 radical (unpaired) electrons. The summed E-state index contributed by atoms with van der Waals surface area (Å²) in [5.41, 5.74) is 0. The molecule has 0 aliphatic rings. The molecular formula is C12H30Si2. The minimum atomic E-state index is -0.775. The number of rotatable bonds is 2. The van der Waals surface area contributed by atoms with Crippen molar-refractivity contribution in [2.45, 2.75) is 64.6 Å². The van der Waals surface area contributed by atoms with E-state index in [-0.39, 0.29) is 8.80 Å². The smallest absolute Gasteiger partial charge is 0.0480 e. The van der Waals surface area contributed by atoms with E-state index in [1.807, 2.05) is 6.08 Å². The average molecular weight is 231 g/mol. The fourth-order valence-electron chi connectivity index (χ4n) is 0.433. The Morgan fingerprint density at radius 2 is 1.43 bits per heavy atom. The first-order chi connectivity index (χ1) is 6.00. The van der Waals surface area contributed by atoms with Crippen LogP contribution in [0.4, 0.5) is 0 Å². The van der Waals surface area contributed by atoms with Crippen molar-refractivity contribution in [3.8, 4) is 0 Å². The van der Waals surface area contributed by atoms with Crippen LogP contribution in [0.5, 0.6) is 0 Å². The van der Waals surface area contributed by atoms with Crippen LogP contribution in [-0.2, 0) is 0 Å². The molecule has 86 valence electrons. The van der Waals surface area contributed by atoms with E-state index in [2.05, 4.69) is 60.1 Å². The summed E-state index contributed by atoms with van der Waals surface area (Å²) in [5, 5.41) is 0.639. The Morgan fingerprint density at radius 1 is 1.14 bits per heavy atom. The predicted molar refractivity (Wildman–Crippen MR) is 76.9 cm³/mol. The summed E-state index contributed by atoms with van der Waals surface area (Å²) in [4.78, 5) is 0. The van der Waals surface area contributed by atoms with Crippen LogP contribution in [0.1, 0.15) is 20.8 Å². The molecule has 0 nitrogen and oxygen atoms in total. The third-order valence-electron chi connectivity index (χ3n) is 2.49. The summed E-state index contributed by atoms with van der Waals surface area (Å²) in [6.45, 7) is 22.5. The second-order valence-electron chi connectivity index (χ2n) is 6.57. The average Bonchev–Trinajstić information content (AvgIpc) is 1.82. The van der Waals surface area contributed by atoms with E-state index in [0.717, 1.165) is 0 Å². The first-order valence-corrected chi connectivity index (χ1v) is 12.2. The molecule has 0 spiro atoms. The fourth-order valence-corrected chi connectivity index (χ4v) is 1.30. The molecule has 0 aromatic carbocycles. The van der Waals surface area contributed by atoms with Crippen LogP contribution < -0.4 is 0 Å². The van der Waals surface area contributed by atoms with Crippen molar-refractivity contribution in [2.75, 3.05) is 0 Å². The molecule has 0 aromatic heterocycles. The van der Waals surface area contributed by atoms with Gasteiger partial charge in [0.1, 0.15) is 0 Å². The molecule has 0 saturated heterocycles. The SMILES string of the molecule is C=CC[Si](C)(C)C.C[SiH](C)C(C)(C)C. The van der Waals surface area contributed by atoms with Crippen LogP contribution in [0.2, 0.25) is 43.8 Å². The largest absolute Gasteiger partial charge is 0.103 e. The highest BCUT2D eigenvalue weighted by atomic mass is 28.3. The first-order valence-electron chi connectivity index (χ1n) is 5.61. The normalized spacial score (nSPS) is 12.1. The lowest BCUT2D eigenvalue weighted by atomic mass is 10.2. The van der Waals surface area contributed by atoms with Gasteiger partial charge in [0.05, 0.1) is 0 Å². The molecule has 0 fully saturated rings. The molecule has 14 heavy (non-hydrogen) atoms. The van der Waals surface area contributed by atoms with Crippen molar-refractivity contribution in [2.24, 2.45) is 0 Å². The Kier molecular flexibility index (Phi) is 7.85. The van der Waals surface area contributed by atoms with Gasteiger partial charge in [0.25, 0.3) is 0 Å². The summed E-state index contributed by atoms with van der Waals surface area (Å²) in [6.07, 6.45) is 2.02. The zero-order valence-corrected chi connectivity index (χ0v) is 13.7. The molecule has 0 bridgehead atoms. The van der Waals surface area contributed by atoms with Gasteiger partial charge >= 0.3 is 0 Å². The van der Waals surface area contributed by atoms with Gasteiger partial charge in [-0.1, -0.05) is 59.6 Å². The number of allylic oxidation sites excluding steroid dienone is 1. The fraction of sp³-hybridized carbons (Fsp3) is 0.833. The highest BCUT2D eigenvalue weighted by molar-refractivity contribution is 6.76. The molecule has 2 heteroatoms. The van der Waals surface area contributed by atoms with E-state index in [4.69, 9.17) is 0 Å². The van der Waals surface area contributed by atoms with Gasteiger partial charge in [-0.15, -0.1) is 6.58 Å². The van der Waals surface area contributed by atoms with E-state index in [1.165, 1.54) is 6.04 Å². The topological polar surface area (TPSA) is 0 Å². The Balaban J connectivity index is 0. The van der Waals surface area contributed by atoms with Crippen molar-refractivity contribution < 1.29 is 0 Å². The highest BCUT2D eigenvalue weighted by Gasteiger charge is 2.15. The second kappa shape index (κ2) is 6.62. The van der Waals surface area contributed by atoms with E-state index < -0.39 is 8.07 Å². The Bertz CT molecular complexity index is 147. The van der Waals surface area contributed by atoms with E-state index in [1.54, 1.807) is 0 Å². The van der Waals surface area contributed by atoms with Gasteiger partial charge in [-0.2, -0.15) is 0 Å². The molecule has 0 aliphatic carbocycles. The van der Waals surface area contributed by atoms with E-state index >= 15 is 0 Å². The summed E-state index contributed by atoms with van der Waals surface area (Å²) in [6, 6.07) is 1.24. The van der Waals surface area contributed by atoms with Crippen LogP contribution in [0, 0.1) is 0 Å². The summed E-state index contributed by atoms with van der Waals surface area (Å²) in [7, 11) is -1.13. The minimum absolute atomic E-state index is 0.359. The molecule has 0 aliphatic heterocycles. The third-order valence-corrected chi connectivity index (χ3v) is 7.47. The maximum Gasteiger partial charge on any atom is 0.0480 e. The van der Waals surface area contributed by atoms with Crippen LogP contribution in [0.25, 0.3) is 0 Å². The molecule has 0 amide bonds. The monoisotopic (exact) mass is 230 g/mol. The lowest BCUT2D eigenvalue weighted by molar-refractivity contribution is 0.742. The predicted octanol–water partition coefficient (Wildman–Crippen LogP) is 4.78.